The molecule has 0 aromatic carbocycles. The molecular formula is C13H15N5O2. The molecule has 2 aromatic heterocycles. The summed E-state index contributed by atoms with van der Waals surface area (Å²) in [6.07, 6.45) is 5.20. The molecule has 7 nitrogen and oxygen atoms in total. The van der Waals surface area contributed by atoms with Crippen LogP contribution in [-0.2, 0) is 6.42 Å². The molecule has 0 aliphatic carbocycles. The molecular weight excluding hydrogens is 258 g/mol. The molecule has 0 atom stereocenters. The number of hydrazone groups is 1. The molecule has 0 amide bonds. The Labute approximate surface area is 115 Å². The first-order valence-corrected chi connectivity index (χ1v) is 6.10. The molecule has 0 radical (unpaired) electrons. The first-order valence-electron chi connectivity index (χ1n) is 6.10. The number of aliphatic hydroxyl groups is 1. The lowest BCUT2D eigenvalue weighted by Gasteiger charge is -2.05. The third kappa shape index (κ3) is 3.48. The minimum atomic E-state index is -0.273. The zero-order valence-electron chi connectivity index (χ0n) is 11.0. The number of nitrogens with one attached hydrogen (secondary N) is 2. The van der Waals surface area contributed by atoms with E-state index in [9.17, 15) is 4.79 Å². The Balaban J connectivity index is 2.11. The minimum Gasteiger partial charge on any atom is -0.396 e. The maximum Gasteiger partial charge on any atom is 0.255 e. The number of H-pyrrole nitrogens is 1. The third-order valence-electron chi connectivity index (χ3n) is 2.65. The summed E-state index contributed by atoms with van der Waals surface area (Å²) in [6.45, 7) is 1.63. The van der Waals surface area contributed by atoms with Crippen LogP contribution in [0.25, 0.3) is 0 Å². The van der Waals surface area contributed by atoms with Gasteiger partial charge in [0, 0.05) is 36.5 Å². The van der Waals surface area contributed by atoms with E-state index in [1.807, 2.05) is 6.07 Å². The molecule has 0 unspecified atom stereocenters. The largest absolute Gasteiger partial charge is 0.396 e. The van der Waals surface area contributed by atoms with Gasteiger partial charge in [-0.05, 0) is 13.0 Å². The molecule has 104 valence electrons. The van der Waals surface area contributed by atoms with E-state index in [0.29, 0.717) is 11.3 Å². The highest BCUT2D eigenvalue weighted by Crippen LogP contribution is 2.03. The Bertz CT molecular complexity index is 652. The Morgan fingerprint density at radius 2 is 2.40 bits per heavy atom. The topological polar surface area (TPSA) is 103 Å². The number of rotatable bonds is 5. The highest BCUT2D eigenvalue weighted by atomic mass is 16.3. The van der Waals surface area contributed by atoms with E-state index >= 15 is 0 Å². The van der Waals surface area contributed by atoms with Gasteiger partial charge in [0.25, 0.3) is 5.56 Å². The molecule has 0 aliphatic rings. The third-order valence-corrected chi connectivity index (χ3v) is 2.65. The van der Waals surface area contributed by atoms with Gasteiger partial charge < -0.3 is 5.11 Å². The van der Waals surface area contributed by atoms with Crippen LogP contribution in [0.3, 0.4) is 0 Å². The minimum absolute atomic E-state index is 0.0858. The van der Waals surface area contributed by atoms with Crippen molar-refractivity contribution in [2.45, 2.75) is 13.3 Å². The van der Waals surface area contributed by atoms with Crippen LogP contribution in [0.15, 0.2) is 34.4 Å². The predicted octanol–water partition coefficient (Wildman–Crippen LogP) is 0.454. The van der Waals surface area contributed by atoms with Crippen LogP contribution in [0, 0.1) is 6.92 Å². The molecule has 2 rings (SSSR count). The van der Waals surface area contributed by atoms with Crippen LogP contribution < -0.4 is 11.0 Å². The average Bonchev–Trinajstić information content (AvgIpc) is 2.44. The van der Waals surface area contributed by atoms with Crippen molar-refractivity contribution in [2.75, 3.05) is 12.0 Å². The maximum atomic E-state index is 11.8. The van der Waals surface area contributed by atoms with Gasteiger partial charge in [0.2, 0.25) is 5.95 Å². The second-order valence-electron chi connectivity index (χ2n) is 4.11. The van der Waals surface area contributed by atoms with Crippen LogP contribution in [-0.4, -0.2) is 32.9 Å². The van der Waals surface area contributed by atoms with Gasteiger partial charge in [-0.3, -0.25) is 14.8 Å². The summed E-state index contributed by atoms with van der Waals surface area (Å²) in [4.78, 5) is 22.5. The molecule has 3 N–H and O–H groups in total. The van der Waals surface area contributed by atoms with Crippen molar-refractivity contribution in [3.05, 3.63) is 51.7 Å². The number of hydrogen-bond acceptors (Lipinski definition) is 6. The summed E-state index contributed by atoms with van der Waals surface area (Å²) in [5.41, 5.74) is 4.27. The fourth-order valence-corrected chi connectivity index (χ4v) is 1.69. The first kappa shape index (κ1) is 13.9. The van der Waals surface area contributed by atoms with E-state index in [0.717, 1.165) is 5.56 Å². The molecule has 0 aliphatic heterocycles. The standard InChI is InChI=1S/C13H15N5O2/c1-9-11(4-6-19)12(20)17-13(16-9)18-15-8-10-3-2-5-14-7-10/h2-3,5,7-8,19H,4,6H2,1H3,(H2,16,17,18,20)/b15-8-. The van der Waals surface area contributed by atoms with Gasteiger partial charge in [-0.1, -0.05) is 6.07 Å². The normalized spacial score (nSPS) is 10.9. The number of aromatic amines is 1. The van der Waals surface area contributed by atoms with Crippen LogP contribution in [0.4, 0.5) is 5.95 Å². The zero-order valence-corrected chi connectivity index (χ0v) is 11.0. The van der Waals surface area contributed by atoms with Gasteiger partial charge in [-0.15, -0.1) is 0 Å². The number of anilines is 1. The summed E-state index contributed by atoms with van der Waals surface area (Å²) in [6, 6.07) is 3.65. The SMILES string of the molecule is Cc1nc(N/N=C\c2cccnc2)[nH]c(=O)c1CCO. The van der Waals surface area contributed by atoms with Gasteiger partial charge >= 0.3 is 0 Å². The smallest absolute Gasteiger partial charge is 0.255 e. The van der Waals surface area contributed by atoms with E-state index < -0.39 is 0 Å². The lowest BCUT2D eigenvalue weighted by Crippen LogP contribution is -2.19. The van der Waals surface area contributed by atoms with E-state index in [1.165, 1.54) is 0 Å². The molecule has 0 bridgehead atoms. The summed E-state index contributed by atoms with van der Waals surface area (Å²) in [5.74, 6) is 0.259. The molecule has 2 heterocycles. The van der Waals surface area contributed by atoms with Crippen LogP contribution >= 0.6 is 0 Å². The number of nitrogens with zero attached hydrogens (tertiary/aromatic N) is 3. The van der Waals surface area contributed by atoms with E-state index in [2.05, 4.69) is 25.5 Å². The number of pyridine rings is 1. The summed E-state index contributed by atoms with van der Waals surface area (Å²) in [5, 5.41) is 12.9. The Kier molecular flexibility index (Phi) is 4.56. The molecule has 0 spiro atoms. The molecule has 0 fully saturated rings. The van der Waals surface area contributed by atoms with Crippen molar-refractivity contribution in [3.63, 3.8) is 0 Å². The van der Waals surface area contributed by atoms with E-state index in [4.69, 9.17) is 5.11 Å². The van der Waals surface area contributed by atoms with Crippen LogP contribution in [0.5, 0.6) is 0 Å². The van der Waals surface area contributed by atoms with E-state index in [1.54, 1.807) is 31.6 Å². The van der Waals surface area contributed by atoms with Crippen molar-refractivity contribution in [3.8, 4) is 0 Å². The Morgan fingerprint density at radius 3 is 3.05 bits per heavy atom. The Morgan fingerprint density at radius 1 is 1.55 bits per heavy atom. The lowest BCUT2D eigenvalue weighted by molar-refractivity contribution is 0.298. The second-order valence-corrected chi connectivity index (χ2v) is 4.11. The van der Waals surface area contributed by atoms with Crippen molar-refractivity contribution >= 4 is 12.2 Å². The number of hydrogen-bond donors (Lipinski definition) is 3. The van der Waals surface area contributed by atoms with Crippen LogP contribution in [0.2, 0.25) is 0 Å². The van der Waals surface area contributed by atoms with Gasteiger partial charge in [0.05, 0.1) is 11.9 Å². The molecule has 0 saturated heterocycles. The highest BCUT2D eigenvalue weighted by Gasteiger charge is 2.06. The van der Waals surface area contributed by atoms with Crippen LogP contribution in [0.1, 0.15) is 16.8 Å². The molecule has 20 heavy (non-hydrogen) atoms. The number of aryl methyl sites for hydroxylation is 1. The van der Waals surface area contributed by atoms with Gasteiger partial charge in [0.1, 0.15) is 0 Å². The average molecular weight is 273 g/mol. The fraction of sp³-hybridized carbons (Fsp3) is 0.231. The van der Waals surface area contributed by atoms with Crippen molar-refractivity contribution in [2.24, 2.45) is 5.10 Å². The van der Waals surface area contributed by atoms with Crippen molar-refractivity contribution < 1.29 is 5.11 Å². The van der Waals surface area contributed by atoms with Gasteiger partial charge in [0.15, 0.2) is 0 Å². The first-order chi connectivity index (χ1) is 9.70. The summed E-state index contributed by atoms with van der Waals surface area (Å²) >= 11 is 0. The van der Waals surface area contributed by atoms with Gasteiger partial charge in [-0.25, -0.2) is 10.4 Å². The molecule has 0 saturated carbocycles. The second kappa shape index (κ2) is 6.58. The zero-order chi connectivity index (χ0) is 14.4. The van der Waals surface area contributed by atoms with E-state index in [-0.39, 0.29) is 24.5 Å². The quantitative estimate of drug-likeness (QED) is 0.542. The highest BCUT2D eigenvalue weighted by molar-refractivity contribution is 5.79. The number of aliphatic hydroxyl groups excluding tert-OH is 1. The van der Waals surface area contributed by atoms with Crippen molar-refractivity contribution in [1.29, 1.82) is 0 Å². The molecule has 7 heteroatoms. The monoisotopic (exact) mass is 273 g/mol. The number of aromatic nitrogens is 3. The summed E-state index contributed by atoms with van der Waals surface area (Å²) < 4.78 is 0. The Hall–Kier alpha value is -2.54. The molecule has 2 aromatic rings. The lowest BCUT2D eigenvalue weighted by atomic mass is 10.2. The van der Waals surface area contributed by atoms with Gasteiger partial charge in [-0.2, -0.15) is 5.10 Å². The summed E-state index contributed by atoms with van der Waals surface area (Å²) in [7, 11) is 0. The fourth-order valence-electron chi connectivity index (χ4n) is 1.69. The van der Waals surface area contributed by atoms with Crippen molar-refractivity contribution in [1.82, 2.24) is 15.0 Å². The predicted molar refractivity (Wildman–Crippen MR) is 75.8 cm³/mol. The maximum absolute atomic E-state index is 11.8.